The Hall–Kier alpha value is -2.89. The van der Waals surface area contributed by atoms with Gasteiger partial charge in [0.15, 0.2) is 6.61 Å². The molecule has 0 saturated carbocycles. The highest BCUT2D eigenvalue weighted by molar-refractivity contribution is 5.89. The van der Waals surface area contributed by atoms with Crippen molar-refractivity contribution in [3.8, 4) is 5.69 Å². The summed E-state index contributed by atoms with van der Waals surface area (Å²) in [7, 11) is 0. The van der Waals surface area contributed by atoms with Crippen molar-refractivity contribution in [2.24, 2.45) is 0 Å². The molecule has 6 heteroatoms. The molecule has 1 heterocycles. The third-order valence-electron chi connectivity index (χ3n) is 4.19. The molecule has 0 bridgehead atoms. The molecule has 0 atom stereocenters. The van der Waals surface area contributed by atoms with Gasteiger partial charge in [-0.15, -0.1) is 0 Å². The van der Waals surface area contributed by atoms with Gasteiger partial charge < -0.3 is 9.64 Å². The number of para-hydroxylation sites is 1. The first-order valence-electron chi connectivity index (χ1n) is 8.72. The number of hydrogen-bond donors (Lipinski definition) is 0. The molecule has 138 valence electrons. The fourth-order valence-electron chi connectivity index (χ4n) is 2.72. The van der Waals surface area contributed by atoms with E-state index >= 15 is 0 Å². The van der Waals surface area contributed by atoms with Crippen molar-refractivity contribution < 1.29 is 14.3 Å². The summed E-state index contributed by atoms with van der Waals surface area (Å²) >= 11 is 0. The Kier molecular flexibility index (Phi) is 6.72. The van der Waals surface area contributed by atoms with E-state index in [1.165, 1.54) is 6.08 Å². The van der Waals surface area contributed by atoms with E-state index in [4.69, 9.17) is 4.74 Å². The Bertz CT molecular complexity index is 790. The minimum atomic E-state index is -0.545. The van der Waals surface area contributed by atoms with E-state index in [2.05, 4.69) is 5.10 Å². The van der Waals surface area contributed by atoms with Gasteiger partial charge in [0.2, 0.25) is 0 Å². The van der Waals surface area contributed by atoms with E-state index in [0.29, 0.717) is 13.1 Å². The van der Waals surface area contributed by atoms with Crippen LogP contribution in [0.4, 0.5) is 0 Å². The van der Waals surface area contributed by atoms with Crippen LogP contribution in [0.25, 0.3) is 11.8 Å². The van der Waals surface area contributed by atoms with Gasteiger partial charge in [-0.1, -0.05) is 18.2 Å². The molecule has 2 aromatic rings. The van der Waals surface area contributed by atoms with Crippen molar-refractivity contribution in [2.45, 2.75) is 27.7 Å². The first kappa shape index (κ1) is 19.4. The number of aromatic nitrogens is 2. The van der Waals surface area contributed by atoms with Crippen LogP contribution in [0, 0.1) is 13.8 Å². The molecule has 1 aromatic carbocycles. The Labute approximate surface area is 154 Å². The normalized spacial score (nSPS) is 10.9. The molecule has 6 nitrogen and oxygen atoms in total. The quantitative estimate of drug-likeness (QED) is 0.566. The van der Waals surface area contributed by atoms with Crippen LogP contribution in [0.3, 0.4) is 0 Å². The van der Waals surface area contributed by atoms with Crippen LogP contribution < -0.4 is 0 Å². The number of aryl methyl sites for hydroxylation is 1. The molecule has 0 unspecified atom stereocenters. The fourth-order valence-corrected chi connectivity index (χ4v) is 2.72. The predicted octanol–water partition coefficient (Wildman–Crippen LogP) is 2.91. The third kappa shape index (κ3) is 4.59. The Balaban J connectivity index is 2.05. The molecule has 1 aromatic heterocycles. The molecule has 0 spiro atoms. The van der Waals surface area contributed by atoms with Gasteiger partial charge in [0.05, 0.1) is 11.4 Å². The SMILES string of the molecule is CCN(CC)C(=O)COC(=O)C=Cc1c(C)nn(-c2ccccc2)c1C. The Morgan fingerprint density at radius 3 is 2.42 bits per heavy atom. The number of hydrogen-bond acceptors (Lipinski definition) is 4. The molecule has 2 rings (SSSR count). The van der Waals surface area contributed by atoms with Gasteiger partial charge in [-0.25, -0.2) is 9.48 Å². The van der Waals surface area contributed by atoms with Gasteiger partial charge >= 0.3 is 5.97 Å². The number of ether oxygens (including phenoxy) is 1. The van der Waals surface area contributed by atoms with Crippen LogP contribution >= 0.6 is 0 Å². The molecule has 0 fully saturated rings. The lowest BCUT2D eigenvalue weighted by molar-refractivity contribution is -0.147. The topological polar surface area (TPSA) is 64.4 Å². The lowest BCUT2D eigenvalue weighted by Gasteiger charge is -2.17. The summed E-state index contributed by atoms with van der Waals surface area (Å²) in [6.45, 7) is 8.56. The number of likely N-dealkylation sites (N-methyl/N-ethyl adjacent to an activating group) is 1. The largest absolute Gasteiger partial charge is 0.452 e. The van der Waals surface area contributed by atoms with Crippen molar-refractivity contribution in [3.05, 3.63) is 53.4 Å². The Morgan fingerprint density at radius 2 is 1.81 bits per heavy atom. The zero-order chi connectivity index (χ0) is 19.1. The molecule has 0 radical (unpaired) electrons. The molecular formula is C20H25N3O3. The molecule has 0 aliphatic rings. The molecular weight excluding hydrogens is 330 g/mol. The van der Waals surface area contributed by atoms with E-state index in [-0.39, 0.29) is 12.5 Å². The average molecular weight is 355 g/mol. The van der Waals surface area contributed by atoms with Gasteiger partial charge in [0.25, 0.3) is 5.91 Å². The fraction of sp³-hybridized carbons (Fsp3) is 0.350. The van der Waals surface area contributed by atoms with E-state index < -0.39 is 5.97 Å². The van der Waals surface area contributed by atoms with Crippen molar-refractivity contribution in [3.63, 3.8) is 0 Å². The molecule has 0 aliphatic carbocycles. The summed E-state index contributed by atoms with van der Waals surface area (Å²) in [6.07, 6.45) is 3.02. The lowest BCUT2D eigenvalue weighted by Crippen LogP contribution is -2.34. The van der Waals surface area contributed by atoms with Gasteiger partial charge in [-0.05, 0) is 45.9 Å². The van der Waals surface area contributed by atoms with Crippen LogP contribution in [-0.2, 0) is 14.3 Å². The van der Waals surface area contributed by atoms with Gasteiger partial charge in [0.1, 0.15) is 0 Å². The van der Waals surface area contributed by atoms with Crippen LogP contribution in [0.2, 0.25) is 0 Å². The number of esters is 1. The third-order valence-corrected chi connectivity index (χ3v) is 4.19. The summed E-state index contributed by atoms with van der Waals surface area (Å²) < 4.78 is 6.87. The summed E-state index contributed by atoms with van der Waals surface area (Å²) in [4.78, 5) is 25.4. The summed E-state index contributed by atoms with van der Waals surface area (Å²) in [5.74, 6) is -0.738. The van der Waals surface area contributed by atoms with Gasteiger partial charge in [-0.3, -0.25) is 4.79 Å². The maximum atomic E-state index is 11.9. The van der Waals surface area contributed by atoms with E-state index in [9.17, 15) is 9.59 Å². The van der Waals surface area contributed by atoms with Crippen molar-refractivity contribution >= 4 is 18.0 Å². The summed E-state index contributed by atoms with van der Waals surface area (Å²) in [5.41, 5.74) is 3.56. The molecule has 0 N–H and O–H groups in total. The number of rotatable bonds is 7. The minimum Gasteiger partial charge on any atom is -0.452 e. The zero-order valence-electron chi connectivity index (χ0n) is 15.7. The highest BCUT2D eigenvalue weighted by atomic mass is 16.5. The van der Waals surface area contributed by atoms with Crippen LogP contribution in [0.5, 0.6) is 0 Å². The van der Waals surface area contributed by atoms with Crippen LogP contribution in [-0.4, -0.2) is 46.3 Å². The predicted molar refractivity (Wildman–Crippen MR) is 101 cm³/mol. The van der Waals surface area contributed by atoms with E-state index in [1.54, 1.807) is 11.0 Å². The molecule has 0 aliphatic heterocycles. The van der Waals surface area contributed by atoms with E-state index in [0.717, 1.165) is 22.6 Å². The second-order valence-electron chi connectivity index (χ2n) is 5.84. The second kappa shape index (κ2) is 8.99. The number of amides is 1. The highest BCUT2D eigenvalue weighted by Gasteiger charge is 2.13. The number of nitrogens with zero attached hydrogens (tertiary/aromatic N) is 3. The van der Waals surface area contributed by atoms with Gasteiger partial charge in [-0.2, -0.15) is 5.10 Å². The van der Waals surface area contributed by atoms with E-state index in [1.807, 2.05) is 62.7 Å². The van der Waals surface area contributed by atoms with Crippen molar-refractivity contribution in [1.29, 1.82) is 0 Å². The number of carbonyl (C=O) groups is 2. The Morgan fingerprint density at radius 1 is 1.15 bits per heavy atom. The summed E-state index contributed by atoms with van der Waals surface area (Å²) in [6, 6.07) is 9.79. The smallest absolute Gasteiger partial charge is 0.331 e. The standard InChI is InChI=1S/C20H25N3O3/c1-5-22(6-2)19(24)14-26-20(25)13-12-18-15(3)21-23(16(18)4)17-10-8-7-9-11-17/h7-13H,5-6,14H2,1-4H3. The minimum absolute atomic E-state index is 0.194. The maximum absolute atomic E-state index is 11.9. The van der Waals surface area contributed by atoms with Crippen molar-refractivity contribution in [2.75, 3.05) is 19.7 Å². The van der Waals surface area contributed by atoms with Gasteiger partial charge in [0, 0.05) is 30.4 Å². The molecule has 1 amide bonds. The highest BCUT2D eigenvalue weighted by Crippen LogP contribution is 2.19. The number of carbonyl (C=O) groups excluding carboxylic acids is 2. The molecule has 0 saturated heterocycles. The first-order valence-corrected chi connectivity index (χ1v) is 8.72. The summed E-state index contributed by atoms with van der Waals surface area (Å²) in [5, 5.41) is 4.53. The zero-order valence-corrected chi connectivity index (χ0v) is 15.7. The second-order valence-corrected chi connectivity index (χ2v) is 5.84. The van der Waals surface area contributed by atoms with Crippen LogP contribution in [0.15, 0.2) is 36.4 Å². The monoisotopic (exact) mass is 355 g/mol. The molecule has 26 heavy (non-hydrogen) atoms. The maximum Gasteiger partial charge on any atom is 0.331 e. The average Bonchev–Trinajstić information content (AvgIpc) is 2.94. The first-order chi connectivity index (χ1) is 12.5. The van der Waals surface area contributed by atoms with Crippen molar-refractivity contribution in [1.82, 2.24) is 14.7 Å². The number of benzene rings is 1. The lowest BCUT2D eigenvalue weighted by atomic mass is 10.2. The van der Waals surface area contributed by atoms with Crippen LogP contribution in [0.1, 0.15) is 30.8 Å².